The standard InChI is InChI=1S/C11H15ClN2OS/c1-7-6-16-10(9(7)12)11(15)14-4-2-3-8(14)5-13/h6,8H,2-5,13H2,1H3. The van der Waals surface area contributed by atoms with E-state index in [1.54, 1.807) is 0 Å². The van der Waals surface area contributed by atoms with E-state index in [4.69, 9.17) is 17.3 Å². The van der Waals surface area contributed by atoms with Crippen LogP contribution in [0.25, 0.3) is 0 Å². The molecule has 0 spiro atoms. The van der Waals surface area contributed by atoms with Gasteiger partial charge in [0.1, 0.15) is 4.88 Å². The first-order valence-corrected chi connectivity index (χ1v) is 6.65. The average molecular weight is 259 g/mol. The van der Waals surface area contributed by atoms with Gasteiger partial charge in [-0.2, -0.15) is 0 Å². The number of thiophene rings is 1. The minimum atomic E-state index is 0.0380. The van der Waals surface area contributed by atoms with Gasteiger partial charge in [-0.25, -0.2) is 0 Å². The number of nitrogens with zero attached hydrogens (tertiary/aromatic N) is 1. The van der Waals surface area contributed by atoms with Crippen molar-refractivity contribution in [3.8, 4) is 0 Å². The maximum atomic E-state index is 12.2. The molecule has 1 aromatic rings. The molecule has 1 aromatic heterocycles. The molecular formula is C11H15ClN2OS. The highest BCUT2D eigenvalue weighted by Gasteiger charge is 2.30. The molecule has 5 heteroatoms. The zero-order valence-electron chi connectivity index (χ0n) is 9.20. The monoisotopic (exact) mass is 258 g/mol. The predicted molar refractivity (Wildman–Crippen MR) is 67.2 cm³/mol. The van der Waals surface area contributed by atoms with Crippen LogP contribution in [0.2, 0.25) is 5.02 Å². The van der Waals surface area contributed by atoms with E-state index >= 15 is 0 Å². The van der Waals surface area contributed by atoms with E-state index in [0.717, 1.165) is 24.9 Å². The summed E-state index contributed by atoms with van der Waals surface area (Å²) in [6.45, 7) is 3.25. The Morgan fingerprint density at radius 3 is 3.06 bits per heavy atom. The molecule has 3 nitrogen and oxygen atoms in total. The van der Waals surface area contributed by atoms with Crippen LogP contribution in [0.3, 0.4) is 0 Å². The fourth-order valence-electron chi connectivity index (χ4n) is 2.05. The number of rotatable bonds is 2. The van der Waals surface area contributed by atoms with Gasteiger partial charge >= 0.3 is 0 Å². The first kappa shape index (κ1) is 11.9. The second-order valence-corrected chi connectivity index (χ2v) is 5.35. The van der Waals surface area contributed by atoms with Crippen molar-refractivity contribution in [2.45, 2.75) is 25.8 Å². The van der Waals surface area contributed by atoms with Crippen molar-refractivity contribution in [3.63, 3.8) is 0 Å². The van der Waals surface area contributed by atoms with E-state index < -0.39 is 0 Å². The summed E-state index contributed by atoms with van der Waals surface area (Å²) in [6.07, 6.45) is 2.04. The Kier molecular flexibility index (Phi) is 3.52. The number of hydrogen-bond acceptors (Lipinski definition) is 3. The highest BCUT2D eigenvalue weighted by atomic mass is 35.5. The van der Waals surface area contributed by atoms with Gasteiger partial charge in [-0.3, -0.25) is 4.79 Å². The lowest BCUT2D eigenvalue weighted by molar-refractivity contribution is 0.0746. The van der Waals surface area contributed by atoms with Gasteiger partial charge in [0.05, 0.1) is 5.02 Å². The van der Waals surface area contributed by atoms with Gasteiger partial charge in [-0.15, -0.1) is 11.3 Å². The molecule has 2 N–H and O–H groups in total. The van der Waals surface area contributed by atoms with Gasteiger partial charge in [-0.1, -0.05) is 11.6 Å². The molecule has 1 amide bonds. The molecule has 1 fully saturated rings. The molecular weight excluding hydrogens is 244 g/mol. The van der Waals surface area contributed by atoms with Crippen molar-refractivity contribution in [2.75, 3.05) is 13.1 Å². The average Bonchev–Trinajstić information content (AvgIpc) is 2.86. The Morgan fingerprint density at radius 1 is 1.75 bits per heavy atom. The van der Waals surface area contributed by atoms with Crippen LogP contribution in [-0.4, -0.2) is 29.9 Å². The van der Waals surface area contributed by atoms with E-state index in [-0.39, 0.29) is 11.9 Å². The van der Waals surface area contributed by atoms with Crippen LogP contribution in [0.15, 0.2) is 5.38 Å². The second kappa shape index (κ2) is 4.73. The summed E-state index contributed by atoms with van der Waals surface area (Å²) < 4.78 is 0. The highest BCUT2D eigenvalue weighted by Crippen LogP contribution is 2.30. The number of carbonyl (C=O) groups excluding carboxylic acids is 1. The number of hydrogen-bond donors (Lipinski definition) is 1. The number of carbonyl (C=O) groups is 1. The van der Waals surface area contributed by atoms with Gasteiger partial charge in [0.15, 0.2) is 0 Å². The maximum Gasteiger partial charge on any atom is 0.265 e. The summed E-state index contributed by atoms with van der Waals surface area (Å²) in [5, 5.41) is 2.51. The molecule has 0 aliphatic carbocycles. The fourth-order valence-corrected chi connectivity index (χ4v) is 3.28. The molecule has 1 saturated heterocycles. The van der Waals surface area contributed by atoms with Crippen LogP contribution in [-0.2, 0) is 0 Å². The number of amides is 1. The van der Waals surface area contributed by atoms with Crippen molar-refractivity contribution in [2.24, 2.45) is 5.73 Å². The molecule has 2 rings (SSSR count). The Hall–Kier alpha value is -0.580. The molecule has 88 valence electrons. The first-order chi connectivity index (χ1) is 7.65. The Bertz CT molecular complexity index is 405. The second-order valence-electron chi connectivity index (χ2n) is 4.09. The number of nitrogens with two attached hydrogens (primary N) is 1. The Balaban J connectivity index is 2.22. The molecule has 1 unspecified atom stereocenters. The molecule has 1 atom stereocenters. The number of likely N-dealkylation sites (tertiary alicyclic amines) is 1. The van der Waals surface area contributed by atoms with Crippen LogP contribution < -0.4 is 5.73 Å². The topological polar surface area (TPSA) is 46.3 Å². The molecule has 1 aliphatic rings. The Labute approximate surface area is 104 Å². The normalized spacial score (nSPS) is 20.4. The minimum absolute atomic E-state index is 0.0380. The first-order valence-electron chi connectivity index (χ1n) is 5.39. The summed E-state index contributed by atoms with van der Waals surface area (Å²) in [4.78, 5) is 14.8. The molecule has 1 aliphatic heterocycles. The molecule has 0 radical (unpaired) electrons. The van der Waals surface area contributed by atoms with Crippen LogP contribution in [0.5, 0.6) is 0 Å². The fraction of sp³-hybridized carbons (Fsp3) is 0.545. The van der Waals surface area contributed by atoms with Gasteiger partial charge in [-0.05, 0) is 30.7 Å². The molecule has 0 bridgehead atoms. The van der Waals surface area contributed by atoms with Crippen molar-refractivity contribution in [1.29, 1.82) is 0 Å². The van der Waals surface area contributed by atoms with E-state index in [2.05, 4.69) is 0 Å². The smallest absolute Gasteiger partial charge is 0.265 e. The van der Waals surface area contributed by atoms with Crippen LogP contribution in [0, 0.1) is 6.92 Å². The van der Waals surface area contributed by atoms with Gasteiger partial charge in [0, 0.05) is 19.1 Å². The minimum Gasteiger partial charge on any atom is -0.334 e. The third-order valence-corrected chi connectivity index (χ3v) is 4.69. The summed E-state index contributed by atoms with van der Waals surface area (Å²) in [5.41, 5.74) is 6.63. The lowest BCUT2D eigenvalue weighted by atomic mass is 10.2. The molecule has 0 aromatic carbocycles. The molecule has 0 saturated carbocycles. The van der Waals surface area contributed by atoms with Crippen molar-refractivity contribution in [3.05, 3.63) is 20.8 Å². The van der Waals surface area contributed by atoms with Crippen LogP contribution >= 0.6 is 22.9 Å². The number of halogens is 1. The summed E-state index contributed by atoms with van der Waals surface area (Å²) in [7, 11) is 0. The van der Waals surface area contributed by atoms with E-state index in [0.29, 0.717) is 16.4 Å². The van der Waals surface area contributed by atoms with Crippen molar-refractivity contribution >= 4 is 28.8 Å². The predicted octanol–water partition coefficient (Wildman–Crippen LogP) is 2.27. The van der Waals surface area contributed by atoms with Gasteiger partial charge < -0.3 is 10.6 Å². The summed E-state index contributed by atoms with van der Waals surface area (Å²) in [5.74, 6) is 0.0380. The quantitative estimate of drug-likeness (QED) is 0.885. The third-order valence-electron chi connectivity index (χ3n) is 3.00. The third kappa shape index (κ3) is 1.97. The number of aryl methyl sites for hydroxylation is 1. The zero-order valence-corrected chi connectivity index (χ0v) is 10.8. The van der Waals surface area contributed by atoms with E-state index in [1.807, 2.05) is 17.2 Å². The maximum absolute atomic E-state index is 12.2. The summed E-state index contributed by atoms with van der Waals surface area (Å²) >= 11 is 7.52. The van der Waals surface area contributed by atoms with Gasteiger partial charge in [0.2, 0.25) is 0 Å². The Morgan fingerprint density at radius 2 is 2.50 bits per heavy atom. The van der Waals surface area contributed by atoms with Crippen LogP contribution in [0.4, 0.5) is 0 Å². The van der Waals surface area contributed by atoms with E-state index in [1.165, 1.54) is 11.3 Å². The van der Waals surface area contributed by atoms with Crippen molar-refractivity contribution < 1.29 is 4.79 Å². The summed E-state index contributed by atoms with van der Waals surface area (Å²) in [6, 6.07) is 0.186. The molecule has 2 heterocycles. The van der Waals surface area contributed by atoms with Gasteiger partial charge in [0.25, 0.3) is 5.91 Å². The largest absolute Gasteiger partial charge is 0.334 e. The SMILES string of the molecule is Cc1csc(C(=O)N2CCCC2CN)c1Cl. The highest BCUT2D eigenvalue weighted by molar-refractivity contribution is 7.13. The van der Waals surface area contributed by atoms with Crippen molar-refractivity contribution in [1.82, 2.24) is 4.90 Å². The van der Waals surface area contributed by atoms with Crippen LogP contribution in [0.1, 0.15) is 28.1 Å². The van der Waals surface area contributed by atoms with E-state index in [9.17, 15) is 4.79 Å². The lowest BCUT2D eigenvalue weighted by Crippen LogP contribution is -2.39. The zero-order chi connectivity index (χ0) is 11.7. The molecule has 16 heavy (non-hydrogen) atoms. The lowest BCUT2D eigenvalue weighted by Gasteiger charge is -2.22.